The van der Waals surface area contributed by atoms with E-state index >= 15 is 0 Å². The van der Waals surface area contributed by atoms with Crippen molar-refractivity contribution in [1.29, 1.82) is 0 Å². The van der Waals surface area contributed by atoms with Gasteiger partial charge in [0.1, 0.15) is 16.3 Å². The molecule has 1 saturated heterocycles. The molecule has 3 aromatic rings. The zero-order valence-electron chi connectivity index (χ0n) is 14.4. The maximum absolute atomic E-state index is 6.00. The molecule has 128 valence electrons. The van der Waals surface area contributed by atoms with Crippen LogP contribution >= 0.6 is 11.3 Å². The Hall–Kier alpha value is -2.28. The number of rotatable bonds is 2. The second-order valence-corrected chi connectivity index (χ2v) is 8.14. The highest BCUT2D eigenvalue weighted by Gasteiger charge is 2.40. The molecule has 7 heteroatoms. The van der Waals surface area contributed by atoms with Crippen molar-refractivity contribution in [3.63, 3.8) is 0 Å². The Balaban J connectivity index is 1.70. The van der Waals surface area contributed by atoms with Crippen LogP contribution in [-0.4, -0.2) is 32.5 Å². The zero-order chi connectivity index (χ0) is 17.1. The first-order valence-corrected chi connectivity index (χ1v) is 9.55. The second kappa shape index (κ2) is 5.36. The standard InChI is InChI=1S/C18H20N6S/c1-9-14(17-22-15-10(2)20-6-5-13(15)25-17)16(23-18(19)21-9)24-8-11-3-4-12(24)7-11/h5-6,11-12H,3-4,7-8H2,1-2H3,(H2,19,21,23). The number of nitrogen functional groups attached to an aromatic ring is 1. The number of nitrogens with two attached hydrogens (primary N) is 1. The Morgan fingerprint density at radius 2 is 2.04 bits per heavy atom. The van der Waals surface area contributed by atoms with Gasteiger partial charge in [-0.05, 0) is 45.1 Å². The van der Waals surface area contributed by atoms with Gasteiger partial charge in [-0.2, -0.15) is 4.98 Å². The summed E-state index contributed by atoms with van der Waals surface area (Å²) < 4.78 is 1.15. The number of piperidine rings is 1. The number of hydrogen-bond donors (Lipinski definition) is 1. The fourth-order valence-corrected chi connectivity index (χ4v) is 5.42. The quantitative estimate of drug-likeness (QED) is 0.762. The largest absolute Gasteiger partial charge is 0.368 e. The van der Waals surface area contributed by atoms with Gasteiger partial charge in [-0.25, -0.2) is 9.97 Å². The lowest BCUT2D eigenvalue weighted by molar-refractivity contribution is 0.550. The number of aryl methyl sites for hydroxylation is 2. The van der Waals surface area contributed by atoms with Crippen molar-refractivity contribution >= 4 is 33.3 Å². The van der Waals surface area contributed by atoms with Gasteiger partial charge in [-0.15, -0.1) is 11.3 Å². The van der Waals surface area contributed by atoms with E-state index < -0.39 is 0 Å². The van der Waals surface area contributed by atoms with Crippen LogP contribution in [0.4, 0.5) is 11.8 Å². The molecule has 2 aliphatic rings. The third-order valence-electron chi connectivity index (χ3n) is 5.47. The number of pyridine rings is 1. The topological polar surface area (TPSA) is 80.8 Å². The summed E-state index contributed by atoms with van der Waals surface area (Å²) in [5.41, 5.74) is 9.84. The van der Waals surface area contributed by atoms with Gasteiger partial charge in [0, 0.05) is 18.8 Å². The molecule has 2 bridgehead atoms. The van der Waals surface area contributed by atoms with Crippen LogP contribution in [0, 0.1) is 19.8 Å². The molecular weight excluding hydrogens is 332 g/mol. The summed E-state index contributed by atoms with van der Waals surface area (Å²) in [6.45, 7) is 5.07. The number of thiazole rings is 1. The van der Waals surface area contributed by atoms with E-state index in [1.807, 2.05) is 26.1 Å². The summed E-state index contributed by atoms with van der Waals surface area (Å²) in [7, 11) is 0. The molecular formula is C18H20N6S. The molecule has 2 fully saturated rings. The van der Waals surface area contributed by atoms with Gasteiger partial charge in [0.2, 0.25) is 5.95 Å². The molecule has 4 heterocycles. The minimum Gasteiger partial charge on any atom is -0.368 e. The van der Waals surface area contributed by atoms with Gasteiger partial charge < -0.3 is 10.6 Å². The monoisotopic (exact) mass is 352 g/mol. The number of fused-ring (bicyclic) bond motifs is 3. The molecule has 3 aromatic heterocycles. The van der Waals surface area contributed by atoms with Crippen molar-refractivity contribution in [1.82, 2.24) is 19.9 Å². The fraction of sp³-hybridized carbons (Fsp3) is 0.444. The Morgan fingerprint density at radius 1 is 1.16 bits per heavy atom. The summed E-state index contributed by atoms with van der Waals surface area (Å²) in [4.78, 5) is 20.8. The van der Waals surface area contributed by atoms with Crippen LogP contribution in [0.15, 0.2) is 12.3 Å². The van der Waals surface area contributed by atoms with Crippen LogP contribution in [0.2, 0.25) is 0 Å². The maximum Gasteiger partial charge on any atom is 0.222 e. The first-order chi connectivity index (χ1) is 12.1. The highest BCUT2D eigenvalue weighted by atomic mass is 32.1. The average molecular weight is 352 g/mol. The third kappa shape index (κ3) is 2.29. The third-order valence-corrected chi connectivity index (χ3v) is 6.51. The lowest BCUT2D eigenvalue weighted by Crippen LogP contribution is -2.33. The predicted molar refractivity (Wildman–Crippen MR) is 101 cm³/mol. The van der Waals surface area contributed by atoms with E-state index in [-0.39, 0.29) is 0 Å². The van der Waals surface area contributed by atoms with Gasteiger partial charge >= 0.3 is 0 Å². The van der Waals surface area contributed by atoms with E-state index in [0.29, 0.717) is 12.0 Å². The zero-order valence-corrected chi connectivity index (χ0v) is 15.2. The van der Waals surface area contributed by atoms with E-state index in [1.165, 1.54) is 19.3 Å². The maximum atomic E-state index is 6.00. The summed E-state index contributed by atoms with van der Waals surface area (Å²) >= 11 is 1.68. The SMILES string of the molecule is Cc1nc(N)nc(N2CC3CCC2C3)c1-c1nc2c(C)nccc2s1. The van der Waals surface area contributed by atoms with Crippen molar-refractivity contribution in [2.45, 2.75) is 39.2 Å². The number of aromatic nitrogens is 4. The lowest BCUT2D eigenvalue weighted by Gasteiger charge is -2.29. The molecule has 2 N–H and O–H groups in total. The van der Waals surface area contributed by atoms with Crippen molar-refractivity contribution < 1.29 is 0 Å². The van der Waals surface area contributed by atoms with Gasteiger partial charge in [0.25, 0.3) is 0 Å². The predicted octanol–water partition coefficient (Wildman–Crippen LogP) is 3.34. The van der Waals surface area contributed by atoms with Crippen LogP contribution in [0.25, 0.3) is 20.8 Å². The highest BCUT2D eigenvalue weighted by Crippen LogP contribution is 2.44. The molecule has 2 unspecified atom stereocenters. The van der Waals surface area contributed by atoms with Crippen LogP contribution in [0.5, 0.6) is 0 Å². The van der Waals surface area contributed by atoms with E-state index in [2.05, 4.69) is 19.9 Å². The van der Waals surface area contributed by atoms with E-state index in [4.69, 9.17) is 10.7 Å². The summed E-state index contributed by atoms with van der Waals surface area (Å²) in [5.74, 6) is 2.09. The molecule has 1 saturated carbocycles. The van der Waals surface area contributed by atoms with Crippen LogP contribution in [0.3, 0.4) is 0 Å². The molecule has 6 nitrogen and oxygen atoms in total. The molecule has 0 amide bonds. The molecule has 1 aliphatic carbocycles. The normalized spacial score (nSPS) is 22.2. The molecule has 2 atom stereocenters. The minimum absolute atomic E-state index is 0.345. The Bertz CT molecular complexity index is 981. The van der Waals surface area contributed by atoms with E-state index in [1.54, 1.807) is 11.3 Å². The van der Waals surface area contributed by atoms with Crippen LogP contribution in [0.1, 0.15) is 30.7 Å². The van der Waals surface area contributed by atoms with Crippen molar-refractivity contribution in [3.05, 3.63) is 23.7 Å². The van der Waals surface area contributed by atoms with E-state index in [9.17, 15) is 0 Å². The second-order valence-electron chi connectivity index (χ2n) is 7.11. The van der Waals surface area contributed by atoms with Crippen LogP contribution < -0.4 is 10.6 Å². The van der Waals surface area contributed by atoms with Gasteiger partial charge in [0.15, 0.2) is 0 Å². The van der Waals surface area contributed by atoms with Gasteiger partial charge in [-0.3, -0.25) is 4.98 Å². The minimum atomic E-state index is 0.345. The molecule has 5 rings (SSSR count). The summed E-state index contributed by atoms with van der Waals surface area (Å²) in [6, 6.07) is 2.60. The molecule has 0 spiro atoms. The highest BCUT2D eigenvalue weighted by molar-refractivity contribution is 7.21. The Morgan fingerprint density at radius 3 is 2.76 bits per heavy atom. The Kier molecular flexibility index (Phi) is 3.22. The van der Waals surface area contributed by atoms with Crippen LogP contribution in [-0.2, 0) is 0 Å². The summed E-state index contributed by atoms with van der Waals surface area (Å²) in [6.07, 6.45) is 5.69. The Labute approximate surface area is 150 Å². The van der Waals surface area contributed by atoms with Gasteiger partial charge in [0.05, 0.1) is 21.7 Å². The number of anilines is 2. The summed E-state index contributed by atoms with van der Waals surface area (Å²) in [5, 5.41) is 0.960. The van der Waals surface area contributed by atoms with Crippen molar-refractivity contribution in [2.24, 2.45) is 5.92 Å². The van der Waals surface area contributed by atoms with Gasteiger partial charge in [-0.1, -0.05) is 0 Å². The van der Waals surface area contributed by atoms with E-state index in [0.717, 1.165) is 50.5 Å². The number of nitrogens with zero attached hydrogens (tertiary/aromatic N) is 5. The molecule has 1 aliphatic heterocycles. The lowest BCUT2D eigenvalue weighted by atomic mass is 10.1. The average Bonchev–Trinajstić information content (AvgIpc) is 3.29. The van der Waals surface area contributed by atoms with Crippen molar-refractivity contribution in [3.8, 4) is 10.6 Å². The molecule has 0 aromatic carbocycles. The number of hydrogen-bond acceptors (Lipinski definition) is 7. The van der Waals surface area contributed by atoms with Crippen molar-refractivity contribution in [2.75, 3.05) is 17.2 Å². The smallest absolute Gasteiger partial charge is 0.222 e. The molecule has 0 radical (unpaired) electrons. The fourth-order valence-electron chi connectivity index (χ4n) is 4.31. The first-order valence-electron chi connectivity index (χ1n) is 8.73. The first kappa shape index (κ1) is 15.0. The molecule has 25 heavy (non-hydrogen) atoms.